The molecule has 2 aliphatic heterocycles. The second kappa shape index (κ2) is 1.81. The highest BCUT2D eigenvalue weighted by Crippen LogP contribution is 2.26. The molecule has 0 radical (unpaired) electrons. The van der Waals surface area contributed by atoms with Crippen molar-refractivity contribution >= 4 is 11.7 Å². The zero-order chi connectivity index (χ0) is 7.14. The molecule has 0 N–H and O–H groups in total. The fourth-order valence-corrected chi connectivity index (χ4v) is 1.59. The fourth-order valence-electron chi connectivity index (χ4n) is 1.59. The van der Waals surface area contributed by atoms with E-state index in [4.69, 9.17) is 0 Å². The molecule has 3 nitrogen and oxygen atoms in total. The normalized spacial score (nSPS) is 31.6. The molecule has 2 fully saturated rings. The zero-order valence-corrected chi connectivity index (χ0v) is 5.67. The molecule has 3 heteroatoms. The summed E-state index contributed by atoms with van der Waals surface area (Å²) in [5, 5.41) is 0. The van der Waals surface area contributed by atoms with Gasteiger partial charge in [0.2, 0.25) is 5.91 Å². The average molecular weight is 139 g/mol. The molecule has 1 amide bonds. The van der Waals surface area contributed by atoms with Crippen molar-refractivity contribution in [3.63, 3.8) is 0 Å². The number of piperidine rings is 1. The summed E-state index contributed by atoms with van der Waals surface area (Å²) >= 11 is 0. The Bertz CT molecular complexity index is 194. The van der Waals surface area contributed by atoms with Gasteiger partial charge in [-0.25, -0.2) is 0 Å². The lowest BCUT2D eigenvalue weighted by atomic mass is 9.91. The minimum absolute atomic E-state index is 0.151. The lowest BCUT2D eigenvalue weighted by Crippen LogP contribution is -2.57. The van der Waals surface area contributed by atoms with Crippen molar-refractivity contribution in [3.8, 4) is 0 Å². The minimum Gasteiger partial charge on any atom is -0.332 e. The second-order valence-electron chi connectivity index (χ2n) is 2.96. The monoisotopic (exact) mass is 139 g/mol. The summed E-state index contributed by atoms with van der Waals surface area (Å²) < 4.78 is 0. The number of hydrogen-bond acceptors (Lipinski definition) is 2. The van der Waals surface area contributed by atoms with Crippen LogP contribution < -0.4 is 0 Å². The van der Waals surface area contributed by atoms with E-state index in [9.17, 15) is 9.59 Å². The van der Waals surface area contributed by atoms with Gasteiger partial charge in [0.05, 0.1) is 6.54 Å². The largest absolute Gasteiger partial charge is 0.332 e. The molecule has 0 bridgehead atoms. The van der Waals surface area contributed by atoms with Gasteiger partial charge in [-0.2, -0.15) is 0 Å². The van der Waals surface area contributed by atoms with Crippen molar-refractivity contribution in [2.45, 2.75) is 25.3 Å². The molecule has 0 aliphatic carbocycles. The van der Waals surface area contributed by atoms with Crippen molar-refractivity contribution in [1.82, 2.24) is 4.90 Å². The van der Waals surface area contributed by atoms with E-state index in [1.54, 1.807) is 4.90 Å². The quantitative estimate of drug-likeness (QED) is 0.441. The molecule has 2 heterocycles. The first-order valence-corrected chi connectivity index (χ1v) is 3.58. The maximum absolute atomic E-state index is 10.8. The number of Topliss-reactive ketones (excluding diaryl/α,β-unsaturated/α-hetero) is 1. The van der Waals surface area contributed by atoms with Gasteiger partial charge in [0, 0.05) is 18.9 Å². The maximum atomic E-state index is 10.8. The highest BCUT2D eigenvalue weighted by Gasteiger charge is 2.39. The second-order valence-corrected chi connectivity index (χ2v) is 2.96. The third-order valence-electron chi connectivity index (χ3n) is 2.27. The molecule has 0 aromatic rings. The third-order valence-corrected chi connectivity index (χ3v) is 2.27. The van der Waals surface area contributed by atoms with Gasteiger partial charge in [0.15, 0.2) is 5.78 Å². The van der Waals surface area contributed by atoms with Crippen LogP contribution in [0, 0.1) is 0 Å². The molecular formula is C7H9NO2. The van der Waals surface area contributed by atoms with E-state index in [1.807, 2.05) is 0 Å². The van der Waals surface area contributed by atoms with Gasteiger partial charge in [-0.1, -0.05) is 0 Å². The Morgan fingerprint density at radius 1 is 1.40 bits per heavy atom. The van der Waals surface area contributed by atoms with Crippen LogP contribution in [0.5, 0.6) is 0 Å². The Morgan fingerprint density at radius 2 is 2.20 bits per heavy atom. The highest BCUT2D eigenvalue weighted by atomic mass is 16.2. The number of fused-ring (bicyclic) bond motifs is 1. The standard InChI is InChI=1S/C7H9NO2/c9-6-2-1-5-3-7(10)8(5)4-6/h5H,1-4H2. The Hall–Kier alpha value is -0.860. The Labute approximate surface area is 59.0 Å². The molecule has 2 saturated heterocycles. The number of hydrogen-bond donors (Lipinski definition) is 0. The third kappa shape index (κ3) is 0.664. The van der Waals surface area contributed by atoms with E-state index in [1.165, 1.54) is 0 Å². The lowest BCUT2D eigenvalue weighted by Gasteiger charge is -2.43. The lowest BCUT2D eigenvalue weighted by molar-refractivity contribution is -0.152. The summed E-state index contributed by atoms with van der Waals surface area (Å²) in [7, 11) is 0. The molecule has 1 atom stereocenters. The van der Waals surface area contributed by atoms with Crippen LogP contribution in [0.25, 0.3) is 0 Å². The van der Waals surface area contributed by atoms with E-state index >= 15 is 0 Å². The van der Waals surface area contributed by atoms with Crippen molar-refractivity contribution in [3.05, 3.63) is 0 Å². The average Bonchev–Trinajstić information content (AvgIpc) is 1.92. The summed E-state index contributed by atoms with van der Waals surface area (Å²) in [5.41, 5.74) is 0. The van der Waals surface area contributed by atoms with Crippen LogP contribution in [0.2, 0.25) is 0 Å². The van der Waals surface area contributed by atoms with Gasteiger partial charge in [0.1, 0.15) is 0 Å². The van der Waals surface area contributed by atoms with Gasteiger partial charge in [-0.3, -0.25) is 9.59 Å². The first-order valence-electron chi connectivity index (χ1n) is 3.58. The molecule has 0 saturated carbocycles. The number of β-lactam (4-membered cyclic amide) rings is 1. The van der Waals surface area contributed by atoms with Crippen LogP contribution in [0.4, 0.5) is 0 Å². The van der Waals surface area contributed by atoms with Crippen molar-refractivity contribution in [2.24, 2.45) is 0 Å². The molecule has 54 valence electrons. The summed E-state index contributed by atoms with van der Waals surface area (Å²) in [4.78, 5) is 23.3. The number of carbonyl (C=O) groups is 2. The van der Waals surface area contributed by atoms with Crippen molar-refractivity contribution in [1.29, 1.82) is 0 Å². The first-order chi connectivity index (χ1) is 4.77. The van der Waals surface area contributed by atoms with Crippen LogP contribution >= 0.6 is 0 Å². The number of ketones is 1. The number of carbonyl (C=O) groups excluding carboxylic acids is 2. The van der Waals surface area contributed by atoms with Crippen LogP contribution in [-0.2, 0) is 9.59 Å². The number of amides is 1. The molecular weight excluding hydrogens is 130 g/mol. The van der Waals surface area contributed by atoms with E-state index in [0.717, 1.165) is 6.42 Å². The Morgan fingerprint density at radius 3 is 2.80 bits per heavy atom. The van der Waals surface area contributed by atoms with Gasteiger partial charge in [-0.15, -0.1) is 0 Å². The van der Waals surface area contributed by atoms with Crippen LogP contribution in [0.15, 0.2) is 0 Å². The van der Waals surface area contributed by atoms with E-state index < -0.39 is 0 Å². The zero-order valence-electron chi connectivity index (χ0n) is 5.67. The summed E-state index contributed by atoms with van der Waals surface area (Å²) in [5.74, 6) is 0.363. The predicted molar refractivity (Wildman–Crippen MR) is 34.4 cm³/mol. The van der Waals surface area contributed by atoms with Crippen LogP contribution in [0.3, 0.4) is 0 Å². The minimum atomic E-state index is 0.151. The number of nitrogens with zero attached hydrogens (tertiary/aromatic N) is 1. The van der Waals surface area contributed by atoms with Crippen LogP contribution in [-0.4, -0.2) is 29.2 Å². The maximum Gasteiger partial charge on any atom is 0.225 e. The molecule has 10 heavy (non-hydrogen) atoms. The molecule has 2 aliphatic rings. The molecule has 0 spiro atoms. The van der Waals surface area contributed by atoms with Crippen LogP contribution in [0.1, 0.15) is 19.3 Å². The summed E-state index contributed by atoms with van der Waals surface area (Å²) in [6.45, 7) is 0.378. The summed E-state index contributed by atoms with van der Waals surface area (Å²) in [6, 6.07) is 0.408. The van der Waals surface area contributed by atoms with Crippen molar-refractivity contribution < 1.29 is 9.59 Å². The van der Waals surface area contributed by atoms with Gasteiger partial charge in [0.25, 0.3) is 0 Å². The highest BCUT2D eigenvalue weighted by molar-refractivity contribution is 5.91. The SMILES string of the molecule is O=C1CCC2CC(=O)N2C1. The van der Waals surface area contributed by atoms with Gasteiger partial charge in [-0.05, 0) is 6.42 Å². The van der Waals surface area contributed by atoms with Gasteiger partial charge >= 0.3 is 0 Å². The molecule has 0 aromatic carbocycles. The molecule has 1 unspecified atom stereocenters. The Balaban J connectivity index is 2.07. The molecule has 0 aromatic heterocycles. The molecule has 2 rings (SSSR count). The number of rotatable bonds is 0. The Kier molecular flexibility index (Phi) is 1.07. The summed E-state index contributed by atoms with van der Waals surface area (Å²) in [6.07, 6.45) is 2.24. The van der Waals surface area contributed by atoms with E-state index in [2.05, 4.69) is 0 Å². The smallest absolute Gasteiger partial charge is 0.225 e. The predicted octanol–water partition coefficient (Wildman–Crippen LogP) is -0.0498. The fraction of sp³-hybridized carbons (Fsp3) is 0.714. The van der Waals surface area contributed by atoms with E-state index in [0.29, 0.717) is 25.4 Å². The topological polar surface area (TPSA) is 37.4 Å². The van der Waals surface area contributed by atoms with E-state index in [-0.39, 0.29) is 11.7 Å². The van der Waals surface area contributed by atoms with Gasteiger partial charge < -0.3 is 4.90 Å². The first kappa shape index (κ1) is 5.89. The van der Waals surface area contributed by atoms with Crippen molar-refractivity contribution in [2.75, 3.05) is 6.54 Å².